The van der Waals surface area contributed by atoms with E-state index in [0.29, 0.717) is 31.2 Å². The lowest BCUT2D eigenvalue weighted by atomic mass is 9.96. The molecule has 438 valence electrons. The number of aliphatic hydroxyl groups excluding tert-OH is 1. The number of carbonyl (C=O) groups excluding carboxylic acids is 9. The van der Waals surface area contributed by atoms with Gasteiger partial charge in [-0.1, -0.05) is 46.2 Å². The number of nitrogens with one attached hydrogen (secondary N) is 8. The molecule has 27 nitrogen and oxygen atoms in total. The molecule has 1 fully saturated rings. The molecule has 0 unspecified atom stereocenters. The van der Waals surface area contributed by atoms with Gasteiger partial charge < -0.3 is 84.9 Å². The van der Waals surface area contributed by atoms with Crippen LogP contribution in [0.25, 0.3) is 0 Å². The molecule has 0 radical (unpaired) electrons. The number of amides is 9. The molecular formula is C50H84N14O13S. The first-order chi connectivity index (χ1) is 36.8. The predicted molar refractivity (Wildman–Crippen MR) is 292 cm³/mol. The number of likely N-dealkylation sites (tertiary alicyclic amines) is 1. The van der Waals surface area contributed by atoms with Crippen LogP contribution in [0.2, 0.25) is 0 Å². The third-order valence-electron chi connectivity index (χ3n) is 12.7. The number of rotatable bonds is 35. The van der Waals surface area contributed by atoms with E-state index >= 15 is 0 Å². The Morgan fingerprint density at radius 2 is 1.36 bits per heavy atom. The van der Waals surface area contributed by atoms with Gasteiger partial charge in [0.25, 0.3) is 0 Å². The second-order valence-corrected chi connectivity index (χ2v) is 20.3. The van der Waals surface area contributed by atoms with E-state index in [4.69, 9.17) is 17.2 Å². The minimum absolute atomic E-state index is 0.0509. The second kappa shape index (κ2) is 34.9. The zero-order valence-electron chi connectivity index (χ0n) is 45.5. The fourth-order valence-electron chi connectivity index (χ4n) is 8.28. The van der Waals surface area contributed by atoms with Gasteiger partial charge in [-0.15, -0.1) is 0 Å². The van der Waals surface area contributed by atoms with Crippen LogP contribution in [0.1, 0.15) is 91.0 Å². The van der Waals surface area contributed by atoms with Gasteiger partial charge in [-0.2, -0.15) is 12.6 Å². The number of aliphatic hydroxyl groups is 1. The maximum atomic E-state index is 14.6. The molecular weight excluding hydrogens is 1040 g/mol. The highest BCUT2D eigenvalue weighted by Crippen LogP contribution is 2.22. The number of carboxylic acid groups (broad SMARTS) is 1. The Morgan fingerprint density at radius 3 is 1.94 bits per heavy atom. The van der Waals surface area contributed by atoms with E-state index < -0.39 is 127 Å². The fourth-order valence-corrected chi connectivity index (χ4v) is 8.53. The van der Waals surface area contributed by atoms with Gasteiger partial charge in [0.1, 0.15) is 54.1 Å². The van der Waals surface area contributed by atoms with Crippen molar-refractivity contribution in [3.8, 4) is 5.75 Å². The summed E-state index contributed by atoms with van der Waals surface area (Å²) in [4.78, 5) is 142. The van der Waals surface area contributed by atoms with Gasteiger partial charge in [-0.05, 0) is 102 Å². The zero-order chi connectivity index (χ0) is 58.6. The number of aliphatic carboxylic acids is 1. The molecule has 0 bridgehead atoms. The highest BCUT2D eigenvalue weighted by Gasteiger charge is 2.40. The predicted octanol–water partition coefficient (Wildman–Crippen LogP) is -3.72. The number of guanidine groups is 1. The van der Waals surface area contributed by atoms with Crippen molar-refractivity contribution in [2.45, 2.75) is 140 Å². The molecule has 0 aromatic heterocycles. The third-order valence-corrected chi connectivity index (χ3v) is 13.0. The van der Waals surface area contributed by atoms with Crippen molar-refractivity contribution in [1.29, 1.82) is 0 Å². The smallest absolute Gasteiger partial charge is 0.326 e. The van der Waals surface area contributed by atoms with Crippen LogP contribution in [-0.4, -0.2) is 198 Å². The molecule has 78 heavy (non-hydrogen) atoms. The van der Waals surface area contributed by atoms with Gasteiger partial charge in [0.05, 0.1) is 19.7 Å². The lowest BCUT2D eigenvalue weighted by molar-refractivity contribution is -0.143. The molecule has 17 N–H and O–H groups in total. The summed E-state index contributed by atoms with van der Waals surface area (Å²) in [6.07, 6.45) is 1.95. The maximum absolute atomic E-state index is 14.6. The Kier molecular flexibility index (Phi) is 30.1. The van der Waals surface area contributed by atoms with Crippen LogP contribution < -0.4 is 59.7 Å². The lowest BCUT2D eigenvalue weighted by Gasteiger charge is -2.31. The number of hydrogen-bond acceptors (Lipinski definition) is 16. The van der Waals surface area contributed by atoms with Crippen LogP contribution in [0.3, 0.4) is 0 Å². The van der Waals surface area contributed by atoms with Crippen molar-refractivity contribution in [2.75, 3.05) is 59.2 Å². The molecule has 1 heterocycles. The number of phenolic OH excluding ortho intramolecular Hbond substituents is 1. The van der Waals surface area contributed by atoms with E-state index in [1.165, 1.54) is 17.0 Å². The van der Waals surface area contributed by atoms with Crippen molar-refractivity contribution >= 4 is 77.7 Å². The van der Waals surface area contributed by atoms with E-state index in [2.05, 4.69) is 60.2 Å². The summed E-state index contributed by atoms with van der Waals surface area (Å²) in [7, 11) is 3.26. The molecule has 1 aromatic rings. The zero-order valence-corrected chi connectivity index (χ0v) is 46.4. The summed E-state index contributed by atoms with van der Waals surface area (Å²) in [6, 6.07) is -4.31. The summed E-state index contributed by atoms with van der Waals surface area (Å²) < 4.78 is 0. The Morgan fingerprint density at radius 1 is 0.756 bits per heavy atom. The first-order valence-corrected chi connectivity index (χ1v) is 26.8. The van der Waals surface area contributed by atoms with E-state index in [-0.39, 0.29) is 88.1 Å². The van der Waals surface area contributed by atoms with Gasteiger partial charge in [0.15, 0.2) is 5.96 Å². The average molecular weight is 1120 g/mol. The summed E-state index contributed by atoms with van der Waals surface area (Å²) in [6.45, 7) is 5.97. The van der Waals surface area contributed by atoms with Crippen LogP contribution in [0, 0.1) is 11.8 Å². The molecule has 0 spiro atoms. The Balaban J connectivity index is 2.38. The van der Waals surface area contributed by atoms with Gasteiger partial charge in [0.2, 0.25) is 53.2 Å². The SMILES string of the molecule is CC[C@H](C)[C@H](NC(=O)[C@H](Cc1ccc(O)cc1)NC(=O)[C@@H]1CCCN1C(=O)[C@H](CCCCN)NC(=O)[C@H](CCCN=C(N)N)NC(=O)CNC(=O)[C@H](CS)NC(=O)[C@H](CO)NC(=O)CN(C)C)C(=O)N[C@@H](CC(C)C)C(=O)O. The molecule has 1 aliphatic heterocycles. The monoisotopic (exact) mass is 1120 g/mol. The molecule has 0 aliphatic carbocycles. The molecule has 0 saturated carbocycles. The minimum atomic E-state index is -1.39. The summed E-state index contributed by atoms with van der Waals surface area (Å²) >= 11 is 4.12. The Hall–Kier alpha value is -6.78. The minimum Gasteiger partial charge on any atom is -0.508 e. The first kappa shape index (κ1) is 67.3. The largest absolute Gasteiger partial charge is 0.508 e. The van der Waals surface area contributed by atoms with Gasteiger partial charge in [0, 0.05) is 25.3 Å². The van der Waals surface area contributed by atoms with Crippen LogP contribution >= 0.6 is 12.6 Å². The van der Waals surface area contributed by atoms with Crippen molar-refractivity contribution in [3.05, 3.63) is 29.8 Å². The van der Waals surface area contributed by atoms with Crippen molar-refractivity contribution in [3.63, 3.8) is 0 Å². The van der Waals surface area contributed by atoms with Crippen LogP contribution in [0.4, 0.5) is 0 Å². The van der Waals surface area contributed by atoms with Gasteiger partial charge >= 0.3 is 5.97 Å². The van der Waals surface area contributed by atoms with Crippen LogP contribution in [0.5, 0.6) is 5.75 Å². The van der Waals surface area contributed by atoms with E-state index in [0.717, 1.165) is 0 Å². The van der Waals surface area contributed by atoms with Crippen molar-refractivity contribution < 1.29 is 63.3 Å². The number of thiol groups is 1. The second-order valence-electron chi connectivity index (χ2n) is 19.9. The number of likely N-dealkylation sites (N-methyl/N-ethyl adjacent to an activating group) is 1. The van der Waals surface area contributed by atoms with Crippen molar-refractivity contribution in [1.82, 2.24) is 52.3 Å². The maximum Gasteiger partial charge on any atom is 0.326 e. The quantitative estimate of drug-likeness (QED) is 0.0135. The molecule has 1 aromatic carbocycles. The summed E-state index contributed by atoms with van der Waals surface area (Å²) in [5.74, 6) is -9.12. The van der Waals surface area contributed by atoms with E-state index in [1.54, 1.807) is 58.8 Å². The van der Waals surface area contributed by atoms with Crippen LogP contribution in [0.15, 0.2) is 29.3 Å². The number of nitrogens with two attached hydrogens (primary N) is 3. The number of benzene rings is 1. The molecule has 9 atom stereocenters. The normalized spacial score (nSPS) is 16.2. The van der Waals surface area contributed by atoms with Gasteiger partial charge in [-0.3, -0.25) is 48.1 Å². The number of phenols is 1. The Bertz CT molecular complexity index is 2200. The first-order valence-electron chi connectivity index (χ1n) is 26.2. The molecule has 2 rings (SSSR count). The average Bonchev–Trinajstić information content (AvgIpc) is 3.89. The van der Waals surface area contributed by atoms with E-state index in [9.17, 15) is 63.3 Å². The van der Waals surface area contributed by atoms with Crippen molar-refractivity contribution in [2.24, 2.45) is 34.0 Å². The lowest BCUT2D eigenvalue weighted by Crippen LogP contribution is -2.60. The summed E-state index contributed by atoms with van der Waals surface area (Å²) in [5, 5.41) is 50.0. The van der Waals surface area contributed by atoms with E-state index in [1.807, 2.05) is 0 Å². The molecule has 1 saturated heterocycles. The third kappa shape index (κ3) is 23.9. The number of carboxylic acids is 1. The van der Waals surface area contributed by atoms with Crippen LogP contribution in [-0.2, 0) is 54.4 Å². The standard InChI is InChI=1S/C50H84N14O13S/c1-7-29(4)41(47(74)60-35(49(76)77)22-28(2)3)62-44(71)34(23-30-15-17-31(66)18-16-30)59-46(73)38-14-11-21-64(38)48(75)33(12-8-9-19-51)58-43(70)32(13-10-20-54-50(52)53)56-39(67)24-55-42(69)37(27-78)61-45(72)36(26-65)57-40(68)25-63(5)6/h15-18,28-29,32-38,41,65-66,78H,7-14,19-27,51H2,1-6H3,(H,55,69)(H,56,67)(H,57,68)(H,58,70)(H,59,73)(H,60,74)(H,61,72)(H,62,71)(H,76,77)(H4,52,53,54)/t29-,32-,33-,34-,35-,36-,37-,38-,41-/m0/s1. The summed E-state index contributed by atoms with van der Waals surface area (Å²) in [5.41, 5.74) is 17.3. The number of unbranched alkanes of at least 4 members (excludes halogenated alkanes) is 1. The molecule has 9 amide bonds. The topological polar surface area (TPSA) is 425 Å². The number of hydrogen-bond donors (Lipinski definition) is 15. The number of nitrogens with zero attached hydrogens (tertiary/aromatic N) is 3. The number of aromatic hydroxyl groups is 1. The number of aliphatic imine (C=N–C) groups is 1. The highest BCUT2D eigenvalue weighted by molar-refractivity contribution is 7.80. The number of carbonyl (C=O) groups is 10. The highest BCUT2D eigenvalue weighted by atomic mass is 32.1. The Labute approximate surface area is 460 Å². The molecule has 28 heteroatoms. The fraction of sp³-hybridized carbons (Fsp3) is 0.660. The molecule has 1 aliphatic rings. The van der Waals surface area contributed by atoms with Gasteiger partial charge in [-0.25, -0.2) is 4.79 Å².